The van der Waals surface area contributed by atoms with Crippen LogP contribution in [0.15, 0.2) is 34.9 Å². The van der Waals surface area contributed by atoms with Gasteiger partial charge in [-0.2, -0.15) is 13.2 Å². The lowest BCUT2D eigenvalue weighted by atomic mass is 9.99. The minimum Gasteiger partial charge on any atom is -0.495 e. The van der Waals surface area contributed by atoms with Gasteiger partial charge in [0.15, 0.2) is 5.65 Å². The van der Waals surface area contributed by atoms with Gasteiger partial charge in [-0.25, -0.2) is 4.98 Å². The zero-order valence-corrected chi connectivity index (χ0v) is 18.5. The first kappa shape index (κ1) is 22.0. The number of ether oxygens (including phenoxy) is 1. The van der Waals surface area contributed by atoms with Gasteiger partial charge >= 0.3 is 6.18 Å². The van der Waals surface area contributed by atoms with Crippen molar-refractivity contribution in [3.8, 4) is 17.6 Å². The number of methoxy groups -OCH3 is 1. The summed E-state index contributed by atoms with van der Waals surface area (Å²) in [5, 5.41) is 5.90. The van der Waals surface area contributed by atoms with E-state index in [1.807, 2.05) is 6.07 Å². The summed E-state index contributed by atoms with van der Waals surface area (Å²) < 4.78 is 46.7. The van der Waals surface area contributed by atoms with Crippen molar-refractivity contribution in [1.29, 1.82) is 0 Å². The predicted molar refractivity (Wildman–Crippen MR) is 117 cm³/mol. The highest BCUT2D eigenvalue weighted by molar-refractivity contribution is 9.10. The molecule has 0 fully saturated rings. The van der Waals surface area contributed by atoms with Crippen molar-refractivity contribution in [2.45, 2.75) is 19.0 Å². The third-order valence-electron chi connectivity index (χ3n) is 4.99. The number of hydrogen-bond acceptors (Lipinski definition) is 4. The molecule has 1 aliphatic rings. The smallest absolute Gasteiger partial charge is 0.394 e. The summed E-state index contributed by atoms with van der Waals surface area (Å²) in [5.74, 6) is 5.94. The number of aromatic nitrogens is 2. The van der Waals surface area contributed by atoms with Crippen LogP contribution >= 0.6 is 15.9 Å². The number of amides is 1. The van der Waals surface area contributed by atoms with Gasteiger partial charge in [0.2, 0.25) is 0 Å². The summed E-state index contributed by atoms with van der Waals surface area (Å²) in [6.45, 7) is 0.713. The molecule has 1 aromatic carbocycles. The van der Waals surface area contributed by atoms with Crippen LogP contribution in [0.4, 0.5) is 18.9 Å². The summed E-state index contributed by atoms with van der Waals surface area (Å²) >= 11 is 3.32. The number of anilines is 1. The Labute approximate surface area is 190 Å². The van der Waals surface area contributed by atoms with Crippen molar-refractivity contribution in [2.24, 2.45) is 0 Å². The van der Waals surface area contributed by atoms with Crippen molar-refractivity contribution in [3.63, 3.8) is 0 Å². The first-order valence-electron chi connectivity index (χ1n) is 9.71. The number of fused-ring (bicyclic) bond motifs is 2. The van der Waals surface area contributed by atoms with Gasteiger partial charge in [-0.05, 0) is 58.1 Å². The van der Waals surface area contributed by atoms with Crippen LogP contribution in [0.5, 0.6) is 5.75 Å². The van der Waals surface area contributed by atoms with Crippen molar-refractivity contribution in [1.82, 2.24) is 14.7 Å². The van der Waals surface area contributed by atoms with Crippen LogP contribution in [-0.2, 0) is 12.8 Å². The zero-order chi connectivity index (χ0) is 22.9. The van der Waals surface area contributed by atoms with Crippen molar-refractivity contribution >= 4 is 33.2 Å². The molecular weight excluding hydrogens is 489 g/mol. The molecule has 166 valence electrons. The Kier molecular flexibility index (Phi) is 6.02. The molecular formula is C22H18BrF3N4O2. The van der Waals surface area contributed by atoms with Gasteiger partial charge in [-0.15, -0.1) is 0 Å². The molecule has 4 rings (SSSR count). The van der Waals surface area contributed by atoms with E-state index in [0.29, 0.717) is 40.1 Å². The second kappa shape index (κ2) is 8.74. The monoisotopic (exact) mass is 506 g/mol. The number of nitrogens with one attached hydrogen (secondary N) is 2. The summed E-state index contributed by atoms with van der Waals surface area (Å²) in [6.07, 6.45) is -3.30. The third-order valence-corrected chi connectivity index (χ3v) is 5.61. The fourth-order valence-electron chi connectivity index (χ4n) is 3.57. The maximum atomic E-state index is 13.1. The van der Waals surface area contributed by atoms with Crippen molar-refractivity contribution < 1.29 is 22.7 Å². The van der Waals surface area contributed by atoms with Gasteiger partial charge in [0.1, 0.15) is 11.4 Å². The molecule has 0 saturated heterocycles. The topological polar surface area (TPSA) is 67.7 Å². The lowest BCUT2D eigenvalue weighted by Crippen LogP contribution is -2.31. The van der Waals surface area contributed by atoms with Crippen LogP contribution in [0.1, 0.15) is 27.3 Å². The lowest BCUT2D eigenvalue weighted by molar-refractivity contribution is -0.128. The Morgan fingerprint density at radius 3 is 2.94 bits per heavy atom. The number of carbonyl (C=O) groups is 1. The van der Waals surface area contributed by atoms with Gasteiger partial charge in [-0.1, -0.05) is 5.92 Å². The second-order valence-electron chi connectivity index (χ2n) is 7.12. The molecule has 0 aliphatic carbocycles. The van der Waals surface area contributed by atoms with Crippen molar-refractivity contribution in [2.75, 3.05) is 25.5 Å². The van der Waals surface area contributed by atoms with E-state index in [-0.39, 0.29) is 23.8 Å². The highest BCUT2D eigenvalue weighted by atomic mass is 79.9. The highest BCUT2D eigenvalue weighted by Crippen LogP contribution is 2.30. The maximum Gasteiger partial charge on any atom is 0.394 e. The molecule has 0 unspecified atom stereocenters. The third kappa shape index (κ3) is 4.53. The SMILES string of the molecule is COc1cc2c(cc1NCC#Cc1nc3c(Br)cccn3c1CC(F)(F)F)CCNC2=O. The number of rotatable bonds is 4. The normalized spacial score (nSPS) is 13.2. The van der Waals surface area contributed by atoms with Gasteiger partial charge in [-0.3, -0.25) is 4.79 Å². The van der Waals surface area contributed by atoms with Crippen LogP contribution in [0.2, 0.25) is 0 Å². The number of hydrogen-bond donors (Lipinski definition) is 2. The number of halogens is 4. The Morgan fingerprint density at radius 1 is 1.38 bits per heavy atom. The van der Waals surface area contributed by atoms with Gasteiger partial charge in [0.25, 0.3) is 5.91 Å². The fourth-order valence-corrected chi connectivity index (χ4v) is 4.00. The fraction of sp³-hybridized carbons (Fsp3) is 0.273. The van der Waals surface area contributed by atoms with E-state index in [1.54, 1.807) is 18.2 Å². The quantitative estimate of drug-likeness (QED) is 0.525. The number of nitrogens with zero attached hydrogens (tertiary/aromatic N) is 2. The van der Waals surface area contributed by atoms with Crippen LogP contribution in [0, 0.1) is 11.8 Å². The molecule has 2 N–H and O–H groups in total. The van der Waals surface area contributed by atoms with Crippen molar-refractivity contribution in [3.05, 3.63) is 57.4 Å². The maximum absolute atomic E-state index is 13.1. The molecule has 0 atom stereocenters. The largest absolute Gasteiger partial charge is 0.495 e. The average Bonchev–Trinajstić information content (AvgIpc) is 3.08. The first-order valence-corrected chi connectivity index (χ1v) is 10.5. The first-order chi connectivity index (χ1) is 15.3. The molecule has 3 aromatic rings. The van der Waals surface area contributed by atoms with E-state index in [9.17, 15) is 18.0 Å². The van der Waals surface area contributed by atoms with Gasteiger partial charge in [0.05, 0.1) is 35.9 Å². The summed E-state index contributed by atoms with van der Waals surface area (Å²) in [6, 6.07) is 6.85. The van der Waals surface area contributed by atoms with E-state index in [2.05, 4.69) is 43.4 Å². The Bertz CT molecular complexity index is 1260. The predicted octanol–water partition coefficient (Wildman–Crippen LogP) is 3.96. The van der Waals surface area contributed by atoms with Crippen LogP contribution in [0.3, 0.4) is 0 Å². The molecule has 1 amide bonds. The Balaban J connectivity index is 1.60. The Hall–Kier alpha value is -3.19. The van der Waals surface area contributed by atoms with E-state index in [4.69, 9.17) is 4.74 Å². The molecule has 32 heavy (non-hydrogen) atoms. The highest BCUT2D eigenvalue weighted by Gasteiger charge is 2.31. The number of carbonyl (C=O) groups excluding carboxylic acids is 1. The Morgan fingerprint density at radius 2 is 2.19 bits per heavy atom. The molecule has 2 aromatic heterocycles. The standard InChI is InChI=1S/C22H18BrF3N4O2/c1-32-19-11-14-13(6-8-28-21(14)31)10-17(19)27-7-2-5-16-18(12-22(24,25)26)30-9-3-4-15(23)20(30)29-16/h3-4,9-11,27H,6-8,12H2,1H3,(H,28,31). The molecule has 3 heterocycles. The molecule has 0 spiro atoms. The van der Waals surface area contributed by atoms with E-state index in [1.165, 1.54) is 17.7 Å². The molecule has 0 saturated carbocycles. The van der Waals surface area contributed by atoms with Gasteiger partial charge < -0.3 is 19.8 Å². The lowest BCUT2D eigenvalue weighted by Gasteiger charge is -2.19. The molecule has 6 nitrogen and oxygen atoms in total. The molecule has 10 heteroatoms. The molecule has 0 radical (unpaired) electrons. The average molecular weight is 507 g/mol. The number of benzene rings is 1. The van der Waals surface area contributed by atoms with Gasteiger partial charge in [0, 0.05) is 18.3 Å². The van der Waals surface area contributed by atoms with E-state index in [0.717, 1.165) is 5.56 Å². The molecule has 1 aliphatic heterocycles. The molecule has 0 bridgehead atoms. The number of pyridine rings is 1. The van der Waals surface area contributed by atoms with Crippen LogP contribution in [0.25, 0.3) is 5.65 Å². The number of imidazole rings is 1. The number of alkyl halides is 3. The zero-order valence-electron chi connectivity index (χ0n) is 16.9. The summed E-state index contributed by atoms with van der Waals surface area (Å²) in [7, 11) is 1.50. The minimum absolute atomic E-state index is 0.0151. The van der Waals surface area contributed by atoms with E-state index < -0.39 is 12.6 Å². The summed E-state index contributed by atoms with van der Waals surface area (Å²) in [4.78, 5) is 16.3. The van der Waals surface area contributed by atoms with Crippen LogP contribution < -0.4 is 15.4 Å². The van der Waals surface area contributed by atoms with Crippen LogP contribution in [-0.4, -0.2) is 41.7 Å². The second-order valence-corrected chi connectivity index (χ2v) is 7.97. The minimum atomic E-state index is -4.39. The summed E-state index contributed by atoms with van der Waals surface area (Å²) in [5.41, 5.74) is 2.55. The van der Waals surface area contributed by atoms with E-state index >= 15 is 0 Å².